The molecule has 0 radical (unpaired) electrons. The molecular formula is C10H13FN2. The Bertz CT molecular complexity index is 321. The van der Waals surface area contributed by atoms with E-state index in [9.17, 15) is 4.39 Å². The lowest BCUT2D eigenvalue weighted by Crippen LogP contribution is -2.14. The molecule has 1 aliphatic rings. The Balaban J connectivity index is 2.24. The Morgan fingerprint density at radius 2 is 2.23 bits per heavy atom. The molecule has 0 aliphatic heterocycles. The highest BCUT2D eigenvalue weighted by Gasteiger charge is 2.30. The Morgan fingerprint density at radius 3 is 2.77 bits per heavy atom. The van der Waals surface area contributed by atoms with Crippen LogP contribution in [-0.2, 0) is 0 Å². The molecule has 0 spiro atoms. The number of hydrogen-bond acceptors (Lipinski definition) is 2. The minimum Gasteiger partial charge on any atom is -0.322 e. The Kier molecular flexibility index (Phi) is 2.04. The second-order valence-electron chi connectivity index (χ2n) is 3.67. The normalized spacial score (nSPS) is 18.7. The topological polar surface area (TPSA) is 38.9 Å². The first-order valence-electron chi connectivity index (χ1n) is 4.57. The van der Waals surface area contributed by atoms with Gasteiger partial charge in [0.15, 0.2) is 0 Å². The van der Waals surface area contributed by atoms with Gasteiger partial charge in [-0.2, -0.15) is 0 Å². The monoisotopic (exact) mass is 180 g/mol. The molecular weight excluding hydrogens is 167 g/mol. The zero-order valence-corrected chi connectivity index (χ0v) is 7.63. The van der Waals surface area contributed by atoms with Gasteiger partial charge < -0.3 is 5.73 Å². The van der Waals surface area contributed by atoms with E-state index in [0.717, 1.165) is 5.69 Å². The van der Waals surface area contributed by atoms with E-state index in [4.69, 9.17) is 5.73 Å². The smallest absolute Gasteiger partial charge is 0.144 e. The summed E-state index contributed by atoms with van der Waals surface area (Å²) < 4.78 is 12.9. The van der Waals surface area contributed by atoms with Gasteiger partial charge in [0.25, 0.3) is 0 Å². The largest absolute Gasteiger partial charge is 0.322 e. The summed E-state index contributed by atoms with van der Waals surface area (Å²) in [5.41, 5.74) is 7.19. The van der Waals surface area contributed by atoms with Crippen LogP contribution in [0.15, 0.2) is 12.1 Å². The molecule has 1 aromatic rings. The molecule has 1 atom stereocenters. The predicted octanol–water partition coefficient (Wildman–Crippen LogP) is 1.94. The highest BCUT2D eigenvalue weighted by atomic mass is 19.1. The second-order valence-corrected chi connectivity index (χ2v) is 3.67. The van der Waals surface area contributed by atoms with Crippen molar-refractivity contribution in [2.45, 2.75) is 25.8 Å². The maximum absolute atomic E-state index is 12.9. The first kappa shape index (κ1) is 8.63. The summed E-state index contributed by atoms with van der Waals surface area (Å²) in [5.74, 6) is 0.309. The number of rotatable bonds is 2. The Morgan fingerprint density at radius 1 is 1.54 bits per heavy atom. The highest BCUT2D eigenvalue weighted by molar-refractivity contribution is 5.16. The zero-order valence-electron chi connectivity index (χ0n) is 7.63. The molecule has 1 aliphatic carbocycles. The predicted molar refractivity (Wildman–Crippen MR) is 48.6 cm³/mol. The standard InChI is InChI=1S/C10H13FN2/c1-6-8(11)4-5-9(13-6)10(12)7-2-3-7/h4-5,7,10H,2-3,12H2,1H3/t10-/m0/s1. The third kappa shape index (κ3) is 1.70. The van der Waals surface area contributed by atoms with Crippen molar-refractivity contribution >= 4 is 0 Å². The number of nitrogens with two attached hydrogens (primary N) is 1. The van der Waals surface area contributed by atoms with Crippen LogP contribution in [0.4, 0.5) is 4.39 Å². The van der Waals surface area contributed by atoms with E-state index in [1.54, 1.807) is 13.0 Å². The van der Waals surface area contributed by atoms with Gasteiger partial charge in [-0.3, -0.25) is 4.98 Å². The molecule has 1 fully saturated rings. The molecule has 13 heavy (non-hydrogen) atoms. The van der Waals surface area contributed by atoms with Crippen LogP contribution in [0.5, 0.6) is 0 Å². The van der Waals surface area contributed by atoms with Gasteiger partial charge in [-0.25, -0.2) is 4.39 Å². The summed E-state index contributed by atoms with van der Waals surface area (Å²) in [5, 5.41) is 0. The van der Waals surface area contributed by atoms with Crippen molar-refractivity contribution in [1.82, 2.24) is 4.98 Å². The second kappa shape index (κ2) is 3.07. The van der Waals surface area contributed by atoms with Crippen molar-refractivity contribution in [2.24, 2.45) is 11.7 Å². The number of hydrogen-bond donors (Lipinski definition) is 1. The summed E-state index contributed by atoms with van der Waals surface area (Å²) in [6.45, 7) is 1.67. The molecule has 0 bridgehead atoms. The highest BCUT2D eigenvalue weighted by Crippen LogP contribution is 2.38. The molecule has 2 rings (SSSR count). The van der Waals surface area contributed by atoms with Crippen molar-refractivity contribution in [1.29, 1.82) is 0 Å². The van der Waals surface area contributed by atoms with E-state index >= 15 is 0 Å². The fourth-order valence-electron chi connectivity index (χ4n) is 1.45. The van der Waals surface area contributed by atoms with Crippen molar-refractivity contribution in [2.75, 3.05) is 0 Å². The fraction of sp³-hybridized carbons (Fsp3) is 0.500. The van der Waals surface area contributed by atoms with E-state index in [1.807, 2.05) is 0 Å². The molecule has 1 saturated carbocycles. The van der Waals surface area contributed by atoms with Crippen LogP contribution in [-0.4, -0.2) is 4.98 Å². The molecule has 1 heterocycles. The van der Waals surface area contributed by atoms with E-state index in [2.05, 4.69) is 4.98 Å². The molecule has 0 amide bonds. The van der Waals surface area contributed by atoms with Gasteiger partial charge in [-0.15, -0.1) is 0 Å². The maximum atomic E-state index is 12.9. The van der Waals surface area contributed by atoms with Crippen LogP contribution in [0.1, 0.15) is 30.3 Å². The summed E-state index contributed by atoms with van der Waals surface area (Å²) in [4.78, 5) is 4.13. The zero-order chi connectivity index (χ0) is 9.42. The van der Waals surface area contributed by atoms with Gasteiger partial charge in [0.1, 0.15) is 5.82 Å². The number of halogens is 1. The number of pyridine rings is 1. The molecule has 2 N–H and O–H groups in total. The van der Waals surface area contributed by atoms with Gasteiger partial charge in [-0.05, 0) is 37.8 Å². The molecule has 3 heteroatoms. The summed E-state index contributed by atoms with van der Waals surface area (Å²) in [6.07, 6.45) is 2.36. The van der Waals surface area contributed by atoms with Crippen LogP contribution in [0.25, 0.3) is 0 Å². The Hall–Kier alpha value is -0.960. The fourth-order valence-corrected chi connectivity index (χ4v) is 1.45. The quantitative estimate of drug-likeness (QED) is 0.755. The molecule has 0 aromatic carbocycles. The van der Waals surface area contributed by atoms with Gasteiger partial charge in [0.05, 0.1) is 11.4 Å². The molecule has 0 unspecified atom stereocenters. The summed E-state index contributed by atoms with van der Waals surface area (Å²) in [7, 11) is 0. The third-order valence-electron chi connectivity index (χ3n) is 2.51. The van der Waals surface area contributed by atoms with Crippen LogP contribution >= 0.6 is 0 Å². The van der Waals surface area contributed by atoms with Gasteiger partial charge in [-0.1, -0.05) is 0 Å². The van der Waals surface area contributed by atoms with Crippen molar-refractivity contribution in [3.63, 3.8) is 0 Å². The van der Waals surface area contributed by atoms with E-state index in [0.29, 0.717) is 11.6 Å². The van der Waals surface area contributed by atoms with E-state index < -0.39 is 0 Å². The molecule has 2 nitrogen and oxygen atoms in total. The van der Waals surface area contributed by atoms with Crippen LogP contribution in [0.2, 0.25) is 0 Å². The minimum atomic E-state index is -0.258. The van der Waals surface area contributed by atoms with E-state index in [-0.39, 0.29) is 11.9 Å². The van der Waals surface area contributed by atoms with Gasteiger partial charge in [0, 0.05) is 6.04 Å². The van der Waals surface area contributed by atoms with Crippen LogP contribution in [0.3, 0.4) is 0 Å². The number of nitrogens with zero attached hydrogens (tertiary/aromatic N) is 1. The Labute approximate surface area is 77.0 Å². The lowest BCUT2D eigenvalue weighted by molar-refractivity contribution is 0.582. The number of aromatic nitrogens is 1. The number of aryl methyl sites for hydroxylation is 1. The average Bonchev–Trinajstić information content (AvgIpc) is 2.91. The summed E-state index contributed by atoms with van der Waals surface area (Å²) >= 11 is 0. The lowest BCUT2D eigenvalue weighted by Gasteiger charge is -2.09. The SMILES string of the molecule is Cc1nc([C@@H](N)C2CC2)ccc1F. The minimum absolute atomic E-state index is 0.000648. The summed E-state index contributed by atoms with van der Waals surface area (Å²) in [6, 6.07) is 3.13. The molecule has 70 valence electrons. The van der Waals surface area contributed by atoms with Crippen molar-refractivity contribution in [3.05, 3.63) is 29.3 Å². The van der Waals surface area contributed by atoms with Crippen molar-refractivity contribution < 1.29 is 4.39 Å². The van der Waals surface area contributed by atoms with Crippen LogP contribution < -0.4 is 5.73 Å². The van der Waals surface area contributed by atoms with Gasteiger partial charge >= 0.3 is 0 Å². The van der Waals surface area contributed by atoms with E-state index in [1.165, 1.54) is 18.9 Å². The van der Waals surface area contributed by atoms with Crippen molar-refractivity contribution in [3.8, 4) is 0 Å². The van der Waals surface area contributed by atoms with Gasteiger partial charge in [0.2, 0.25) is 0 Å². The molecule has 1 aromatic heterocycles. The third-order valence-corrected chi connectivity index (χ3v) is 2.51. The molecule has 0 saturated heterocycles. The first-order chi connectivity index (χ1) is 6.18. The maximum Gasteiger partial charge on any atom is 0.144 e. The van der Waals surface area contributed by atoms with Crippen LogP contribution in [0, 0.1) is 18.7 Å². The first-order valence-corrected chi connectivity index (χ1v) is 4.57. The average molecular weight is 180 g/mol. The lowest BCUT2D eigenvalue weighted by atomic mass is 10.1.